The van der Waals surface area contributed by atoms with Gasteiger partial charge in [-0.15, -0.1) is 0 Å². The molecule has 0 unspecified atom stereocenters. The van der Waals surface area contributed by atoms with E-state index in [9.17, 15) is 4.79 Å². The third-order valence-corrected chi connectivity index (χ3v) is 3.47. The van der Waals surface area contributed by atoms with Gasteiger partial charge in [0.1, 0.15) is 17.5 Å². The lowest BCUT2D eigenvalue weighted by atomic mass is 10.2. The highest BCUT2D eigenvalue weighted by atomic mass is 16.1. The van der Waals surface area contributed by atoms with Crippen molar-refractivity contribution in [1.29, 1.82) is 0 Å². The number of hydrogen-bond acceptors (Lipinski definition) is 5. The van der Waals surface area contributed by atoms with Gasteiger partial charge in [-0.2, -0.15) is 0 Å². The maximum Gasteiger partial charge on any atom is 0.259 e. The number of hydrogen-bond donors (Lipinski definition) is 3. The Morgan fingerprint density at radius 1 is 1.22 bits per heavy atom. The third-order valence-electron chi connectivity index (χ3n) is 3.47. The topological polar surface area (TPSA) is 82.7 Å². The van der Waals surface area contributed by atoms with Crippen molar-refractivity contribution in [3.8, 4) is 0 Å². The molecule has 0 aliphatic rings. The normalized spacial score (nSPS) is 10.7. The van der Waals surface area contributed by atoms with Gasteiger partial charge in [0, 0.05) is 18.9 Å². The lowest BCUT2D eigenvalue weighted by molar-refractivity contribution is 0.972. The van der Waals surface area contributed by atoms with Crippen molar-refractivity contribution in [2.24, 2.45) is 0 Å². The molecule has 3 N–H and O–H groups in total. The van der Waals surface area contributed by atoms with Crippen LogP contribution in [0.25, 0.3) is 10.8 Å². The van der Waals surface area contributed by atoms with E-state index >= 15 is 0 Å². The molecule has 0 radical (unpaired) electrons. The SMILES string of the molecule is CCCNc1nc(Nc2cc(C)ccn2)cc2cc[nH]c(=O)c12. The molecule has 0 aliphatic carbocycles. The number of anilines is 3. The highest BCUT2D eigenvalue weighted by molar-refractivity contribution is 5.93. The molecule has 3 rings (SSSR count). The second kappa shape index (κ2) is 6.48. The lowest BCUT2D eigenvalue weighted by Crippen LogP contribution is -2.12. The molecule has 0 aromatic carbocycles. The van der Waals surface area contributed by atoms with Gasteiger partial charge in [0.25, 0.3) is 5.56 Å². The van der Waals surface area contributed by atoms with E-state index in [2.05, 4.69) is 32.5 Å². The second-order valence-corrected chi connectivity index (χ2v) is 5.40. The van der Waals surface area contributed by atoms with Gasteiger partial charge in [0.2, 0.25) is 0 Å². The summed E-state index contributed by atoms with van der Waals surface area (Å²) in [5, 5.41) is 7.83. The number of aromatic amines is 1. The zero-order valence-electron chi connectivity index (χ0n) is 13.2. The molecule has 0 bridgehead atoms. The molecule has 3 heterocycles. The summed E-state index contributed by atoms with van der Waals surface area (Å²) < 4.78 is 0. The minimum absolute atomic E-state index is 0.145. The summed E-state index contributed by atoms with van der Waals surface area (Å²) in [5.41, 5.74) is 0.970. The molecule has 0 aliphatic heterocycles. The number of aromatic nitrogens is 3. The predicted octanol–water partition coefficient (Wildman–Crippen LogP) is 3.19. The van der Waals surface area contributed by atoms with Gasteiger partial charge in [-0.1, -0.05) is 6.92 Å². The van der Waals surface area contributed by atoms with Crippen molar-refractivity contribution in [2.75, 3.05) is 17.2 Å². The van der Waals surface area contributed by atoms with Crippen LogP contribution in [-0.2, 0) is 0 Å². The van der Waals surface area contributed by atoms with E-state index in [1.165, 1.54) is 0 Å². The monoisotopic (exact) mass is 309 g/mol. The Kier molecular flexibility index (Phi) is 4.23. The fourth-order valence-electron chi connectivity index (χ4n) is 2.39. The second-order valence-electron chi connectivity index (χ2n) is 5.40. The molecule has 118 valence electrons. The van der Waals surface area contributed by atoms with Gasteiger partial charge >= 0.3 is 0 Å². The molecular weight excluding hydrogens is 290 g/mol. The number of fused-ring (bicyclic) bond motifs is 1. The van der Waals surface area contributed by atoms with Gasteiger partial charge in [0.15, 0.2) is 0 Å². The highest BCUT2D eigenvalue weighted by Crippen LogP contribution is 2.23. The van der Waals surface area contributed by atoms with Gasteiger partial charge < -0.3 is 15.6 Å². The average Bonchev–Trinajstić information content (AvgIpc) is 2.52. The Balaban J connectivity index is 2.06. The van der Waals surface area contributed by atoms with Crippen molar-refractivity contribution in [1.82, 2.24) is 15.0 Å². The van der Waals surface area contributed by atoms with Crippen molar-refractivity contribution < 1.29 is 0 Å². The van der Waals surface area contributed by atoms with Gasteiger partial charge in [-0.25, -0.2) is 9.97 Å². The van der Waals surface area contributed by atoms with Crippen LogP contribution in [0.3, 0.4) is 0 Å². The Morgan fingerprint density at radius 2 is 2.09 bits per heavy atom. The summed E-state index contributed by atoms with van der Waals surface area (Å²) >= 11 is 0. The van der Waals surface area contributed by atoms with E-state index in [0.29, 0.717) is 17.0 Å². The zero-order valence-corrected chi connectivity index (χ0v) is 13.2. The van der Waals surface area contributed by atoms with Gasteiger partial charge in [-0.05, 0) is 48.6 Å². The first-order chi connectivity index (χ1) is 11.2. The standard InChI is InChI=1S/C17H19N5O/c1-3-6-19-16-15-12(5-8-20-17(15)23)10-14(22-16)21-13-9-11(2)4-7-18-13/h4-5,7-10H,3,6H2,1-2H3,(H,20,23)(H2,18,19,21,22). The molecule has 6 heteroatoms. The van der Waals surface area contributed by atoms with E-state index < -0.39 is 0 Å². The Morgan fingerprint density at radius 3 is 2.87 bits per heavy atom. The summed E-state index contributed by atoms with van der Waals surface area (Å²) in [7, 11) is 0. The molecule has 23 heavy (non-hydrogen) atoms. The van der Waals surface area contributed by atoms with Crippen molar-refractivity contribution in [2.45, 2.75) is 20.3 Å². The van der Waals surface area contributed by atoms with E-state index in [4.69, 9.17) is 0 Å². The minimum atomic E-state index is -0.145. The van der Waals surface area contributed by atoms with Crippen LogP contribution < -0.4 is 16.2 Å². The van der Waals surface area contributed by atoms with Gasteiger partial charge in [0.05, 0.1) is 5.39 Å². The van der Waals surface area contributed by atoms with Crippen molar-refractivity contribution >= 4 is 28.2 Å². The van der Waals surface area contributed by atoms with E-state index in [1.807, 2.05) is 31.2 Å². The molecule has 0 fully saturated rings. The predicted molar refractivity (Wildman–Crippen MR) is 93.4 cm³/mol. The van der Waals surface area contributed by atoms with Crippen LogP contribution >= 0.6 is 0 Å². The molecule has 0 saturated heterocycles. The number of rotatable bonds is 5. The maximum atomic E-state index is 12.1. The number of nitrogens with zero attached hydrogens (tertiary/aromatic N) is 2. The molecule has 0 atom stereocenters. The lowest BCUT2D eigenvalue weighted by Gasteiger charge is -2.11. The first kappa shape index (κ1) is 15.0. The number of aryl methyl sites for hydroxylation is 1. The average molecular weight is 309 g/mol. The van der Waals surface area contributed by atoms with Crippen LogP contribution in [0.2, 0.25) is 0 Å². The van der Waals surface area contributed by atoms with Crippen LogP contribution in [-0.4, -0.2) is 21.5 Å². The molecule has 6 nitrogen and oxygen atoms in total. The first-order valence-electron chi connectivity index (χ1n) is 7.63. The number of pyridine rings is 3. The third kappa shape index (κ3) is 3.31. The molecule has 0 saturated carbocycles. The summed E-state index contributed by atoms with van der Waals surface area (Å²) in [6.45, 7) is 4.83. The largest absolute Gasteiger partial charge is 0.369 e. The molecule has 0 amide bonds. The molecular formula is C17H19N5O. The first-order valence-corrected chi connectivity index (χ1v) is 7.63. The summed E-state index contributed by atoms with van der Waals surface area (Å²) in [4.78, 5) is 23.6. The van der Waals surface area contributed by atoms with Crippen molar-refractivity contribution in [3.63, 3.8) is 0 Å². The zero-order chi connectivity index (χ0) is 16.2. The maximum absolute atomic E-state index is 12.1. The van der Waals surface area contributed by atoms with E-state index in [1.54, 1.807) is 12.4 Å². The Labute approximate surface area is 134 Å². The summed E-state index contributed by atoms with van der Waals surface area (Å²) in [6, 6.07) is 7.60. The number of H-pyrrole nitrogens is 1. The fourth-order valence-corrected chi connectivity index (χ4v) is 2.39. The summed E-state index contributed by atoms with van der Waals surface area (Å²) in [6.07, 6.45) is 4.34. The van der Waals surface area contributed by atoms with Gasteiger partial charge in [-0.3, -0.25) is 4.79 Å². The van der Waals surface area contributed by atoms with Crippen LogP contribution in [0.5, 0.6) is 0 Å². The Hall–Kier alpha value is -2.89. The fraction of sp³-hybridized carbons (Fsp3) is 0.235. The smallest absolute Gasteiger partial charge is 0.259 e. The van der Waals surface area contributed by atoms with Crippen LogP contribution in [0, 0.1) is 6.92 Å². The molecule has 3 aromatic rings. The minimum Gasteiger partial charge on any atom is -0.369 e. The quantitative estimate of drug-likeness (QED) is 0.674. The van der Waals surface area contributed by atoms with Crippen LogP contribution in [0.15, 0.2) is 41.5 Å². The van der Waals surface area contributed by atoms with Crippen LogP contribution in [0.4, 0.5) is 17.5 Å². The van der Waals surface area contributed by atoms with E-state index in [-0.39, 0.29) is 5.56 Å². The van der Waals surface area contributed by atoms with Crippen LogP contribution in [0.1, 0.15) is 18.9 Å². The highest BCUT2D eigenvalue weighted by Gasteiger charge is 2.09. The Bertz CT molecular complexity index is 888. The summed E-state index contributed by atoms with van der Waals surface area (Å²) in [5.74, 6) is 1.96. The molecule has 3 aromatic heterocycles. The van der Waals surface area contributed by atoms with E-state index in [0.717, 1.165) is 29.7 Å². The van der Waals surface area contributed by atoms with Crippen molar-refractivity contribution in [3.05, 3.63) is 52.6 Å². The molecule has 0 spiro atoms. The number of nitrogens with one attached hydrogen (secondary N) is 3.